The van der Waals surface area contributed by atoms with Crippen molar-refractivity contribution >= 4 is 22.7 Å². The van der Waals surface area contributed by atoms with Gasteiger partial charge in [-0.25, -0.2) is 4.79 Å². The van der Waals surface area contributed by atoms with E-state index in [0.717, 1.165) is 5.56 Å². The number of nitro groups is 1. The second-order valence-corrected chi connectivity index (χ2v) is 2.88. The van der Waals surface area contributed by atoms with Crippen molar-refractivity contribution in [1.82, 2.24) is 0 Å². The third-order valence-corrected chi connectivity index (χ3v) is 1.58. The van der Waals surface area contributed by atoms with E-state index in [0.29, 0.717) is 0 Å². The molecule has 0 aliphatic carbocycles. The van der Waals surface area contributed by atoms with Crippen molar-refractivity contribution in [1.29, 1.82) is 0 Å². The number of hydrogen-bond acceptors (Lipinski definition) is 4. The van der Waals surface area contributed by atoms with E-state index < -0.39 is 10.4 Å². The lowest BCUT2D eigenvalue weighted by atomic mass is 10.2. The number of rotatable bonds is 2. The molecular formula is C8H6ClNO4. The lowest BCUT2D eigenvalue weighted by Crippen LogP contribution is -2.00. The summed E-state index contributed by atoms with van der Waals surface area (Å²) in [4.78, 5) is 20.3. The Kier molecular flexibility index (Phi) is 3.03. The van der Waals surface area contributed by atoms with Crippen LogP contribution >= 0.6 is 11.6 Å². The lowest BCUT2D eigenvalue weighted by Gasteiger charge is -2.01. The Morgan fingerprint density at radius 3 is 2.71 bits per heavy atom. The van der Waals surface area contributed by atoms with E-state index in [9.17, 15) is 14.9 Å². The first-order valence-electron chi connectivity index (χ1n) is 3.63. The van der Waals surface area contributed by atoms with E-state index in [1.165, 1.54) is 12.1 Å². The van der Waals surface area contributed by atoms with Crippen LogP contribution in [0.3, 0.4) is 0 Å². The highest BCUT2D eigenvalue weighted by Crippen LogP contribution is 2.28. The molecule has 14 heavy (non-hydrogen) atoms. The van der Waals surface area contributed by atoms with E-state index >= 15 is 0 Å². The molecule has 74 valence electrons. The van der Waals surface area contributed by atoms with Crippen LogP contribution in [-0.4, -0.2) is 10.4 Å². The largest absolute Gasteiger partial charge is 0.409 e. The average molecular weight is 216 g/mol. The number of hydrogen-bond donors (Lipinski definition) is 0. The molecule has 1 aromatic carbocycles. The molecule has 0 radical (unpaired) electrons. The van der Waals surface area contributed by atoms with Crippen LogP contribution in [0.4, 0.5) is 10.5 Å². The Balaban J connectivity index is 3.15. The fourth-order valence-electron chi connectivity index (χ4n) is 0.940. The molecule has 0 spiro atoms. The van der Waals surface area contributed by atoms with Crippen molar-refractivity contribution < 1.29 is 14.5 Å². The molecule has 5 nitrogen and oxygen atoms in total. The fourth-order valence-corrected chi connectivity index (χ4v) is 1.02. The van der Waals surface area contributed by atoms with E-state index in [2.05, 4.69) is 4.74 Å². The Morgan fingerprint density at radius 2 is 2.21 bits per heavy atom. The van der Waals surface area contributed by atoms with Gasteiger partial charge in [0, 0.05) is 17.7 Å². The van der Waals surface area contributed by atoms with Gasteiger partial charge in [0.25, 0.3) is 0 Å². The van der Waals surface area contributed by atoms with Crippen LogP contribution in [0.5, 0.6) is 5.75 Å². The summed E-state index contributed by atoms with van der Waals surface area (Å²) in [6.07, 6.45) is 0. The number of benzene rings is 1. The SMILES string of the molecule is Cc1ccc([N+](=O)[O-])c(OC(=O)Cl)c1. The molecule has 0 aliphatic rings. The molecule has 0 fully saturated rings. The summed E-state index contributed by atoms with van der Waals surface area (Å²) in [5.74, 6) is -0.144. The van der Waals surface area contributed by atoms with Gasteiger partial charge < -0.3 is 4.74 Å². The summed E-state index contributed by atoms with van der Waals surface area (Å²) in [7, 11) is 0. The molecule has 1 rings (SSSR count). The van der Waals surface area contributed by atoms with Gasteiger partial charge in [-0.15, -0.1) is 0 Å². The number of carbonyl (C=O) groups excluding carboxylic acids is 1. The van der Waals surface area contributed by atoms with Crippen LogP contribution in [-0.2, 0) is 0 Å². The molecule has 0 saturated heterocycles. The Hall–Kier alpha value is -1.62. The highest BCUT2D eigenvalue weighted by molar-refractivity contribution is 6.61. The summed E-state index contributed by atoms with van der Waals surface area (Å²) >= 11 is 4.96. The van der Waals surface area contributed by atoms with Gasteiger partial charge in [-0.3, -0.25) is 10.1 Å². The third kappa shape index (κ3) is 2.43. The summed E-state index contributed by atoms with van der Waals surface area (Å²) < 4.78 is 4.47. The molecule has 0 atom stereocenters. The molecule has 0 heterocycles. The van der Waals surface area contributed by atoms with Crippen molar-refractivity contribution in [2.24, 2.45) is 0 Å². The highest BCUT2D eigenvalue weighted by atomic mass is 35.5. The highest BCUT2D eigenvalue weighted by Gasteiger charge is 2.16. The van der Waals surface area contributed by atoms with Gasteiger partial charge in [0.1, 0.15) is 0 Å². The van der Waals surface area contributed by atoms with Gasteiger partial charge in [0.05, 0.1) is 4.92 Å². The quantitative estimate of drug-likeness (QED) is 0.432. The Morgan fingerprint density at radius 1 is 1.57 bits per heavy atom. The van der Waals surface area contributed by atoms with Crippen molar-refractivity contribution in [3.63, 3.8) is 0 Å². The van der Waals surface area contributed by atoms with Gasteiger partial charge in [-0.2, -0.15) is 0 Å². The maximum Gasteiger partial charge on any atom is 0.409 e. The minimum absolute atomic E-state index is 0.144. The fraction of sp³-hybridized carbons (Fsp3) is 0.125. The smallest absolute Gasteiger partial charge is 0.407 e. The van der Waals surface area contributed by atoms with Gasteiger partial charge in [-0.1, -0.05) is 6.07 Å². The number of aryl methyl sites for hydroxylation is 1. The van der Waals surface area contributed by atoms with Gasteiger partial charge in [0.15, 0.2) is 0 Å². The summed E-state index contributed by atoms with van der Waals surface area (Å²) in [6, 6.07) is 4.17. The molecule has 0 amide bonds. The molecule has 0 unspecified atom stereocenters. The zero-order valence-electron chi connectivity index (χ0n) is 7.19. The first-order chi connectivity index (χ1) is 6.50. The molecule has 0 aliphatic heterocycles. The molecule has 0 N–H and O–H groups in total. The van der Waals surface area contributed by atoms with E-state index in [1.807, 2.05) is 0 Å². The molecule has 6 heteroatoms. The maximum absolute atomic E-state index is 10.5. The minimum Gasteiger partial charge on any atom is -0.407 e. The zero-order chi connectivity index (χ0) is 10.7. The lowest BCUT2D eigenvalue weighted by molar-refractivity contribution is -0.385. The normalized spacial score (nSPS) is 9.57. The summed E-state index contributed by atoms with van der Waals surface area (Å²) in [5, 5.41) is 10.5. The van der Waals surface area contributed by atoms with Gasteiger partial charge >= 0.3 is 11.1 Å². The van der Waals surface area contributed by atoms with Crippen molar-refractivity contribution in [2.45, 2.75) is 6.92 Å². The third-order valence-electron chi connectivity index (χ3n) is 1.50. The molecule has 0 aromatic heterocycles. The summed E-state index contributed by atoms with van der Waals surface area (Å²) in [6.45, 7) is 1.72. The Labute approximate surface area is 84.4 Å². The van der Waals surface area contributed by atoms with E-state index in [1.54, 1.807) is 13.0 Å². The molecular weight excluding hydrogens is 210 g/mol. The summed E-state index contributed by atoms with van der Waals surface area (Å²) in [5.41, 5.74) is -0.646. The van der Waals surface area contributed by atoms with Crippen LogP contribution in [0, 0.1) is 17.0 Å². The van der Waals surface area contributed by atoms with Crippen LogP contribution in [0.1, 0.15) is 5.56 Å². The molecule has 0 saturated carbocycles. The van der Waals surface area contributed by atoms with Gasteiger partial charge in [0.2, 0.25) is 5.75 Å². The number of carbonyl (C=O) groups is 1. The topological polar surface area (TPSA) is 69.4 Å². The maximum atomic E-state index is 10.5. The van der Waals surface area contributed by atoms with Crippen molar-refractivity contribution in [2.75, 3.05) is 0 Å². The van der Waals surface area contributed by atoms with Crippen LogP contribution in [0.15, 0.2) is 18.2 Å². The second-order valence-electron chi connectivity index (χ2n) is 2.57. The number of ether oxygens (including phenoxy) is 1. The predicted molar refractivity (Wildman–Crippen MR) is 49.7 cm³/mol. The first-order valence-corrected chi connectivity index (χ1v) is 4.01. The van der Waals surface area contributed by atoms with Crippen molar-refractivity contribution in [3.05, 3.63) is 33.9 Å². The Bertz CT molecular complexity index is 391. The number of nitro benzene ring substituents is 1. The standard InChI is InChI=1S/C8H6ClNO4/c1-5-2-3-6(10(12)13)7(4-5)14-8(9)11/h2-4H,1H3. The van der Waals surface area contributed by atoms with Crippen molar-refractivity contribution in [3.8, 4) is 5.75 Å². The average Bonchev–Trinajstić information content (AvgIpc) is 2.01. The number of nitrogens with zero attached hydrogens (tertiary/aromatic N) is 1. The number of halogens is 1. The monoisotopic (exact) mass is 215 g/mol. The molecule has 0 bridgehead atoms. The zero-order valence-corrected chi connectivity index (χ0v) is 7.95. The van der Waals surface area contributed by atoms with E-state index in [4.69, 9.17) is 11.6 Å². The van der Waals surface area contributed by atoms with Gasteiger partial charge in [-0.05, 0) is 18.6 Å². The van der Waals surface area contributed by atoms with E-state index in [-0.39, 0.29) is 11.4 Å². The first kappa shape index (κ1) is 10.5. The minimum atomic E-state index is -1.10. The van der Waals surface area contributed by atoms with Crippen LogP contribution in [0.2, 0.25) is 0 Å². The molecule has 1 aromatic rings. The van der Waals surface area contributed by atoms with Crippen LogP contribution < -0.4 is 4.74 Å². The van der Waals surface area contributed by atoms with Crippen LogP contribution in [0.25, 0.3) is 0 Å². The second kappa shape index (κ2) is 4.06. The predicted octanol–water partition coefficient (Wildman–Crippen LogP) is 2.64.